The molecule has 0 bridgehead atoms. The third-order valence-corrected chi connectivity index (χ3v) is 3.57. The molecular weight excluding hydrogens is 343 g/mol. The summed E-state index contributed by atoms with van der Waals surface area (Å²) >= 11 is 5.11. The van der Waals surface area contributed by atoms with Gasteiger partial charge in [0.1, 0.15) is 5.75 Å². The summed E-state index contributed by atoms with van der Waals surface area (Å²) in [6.45, 7) is 1.72. The van der Waals surface area contributed by atoms with E-state index in [0.29, 0.717) is 21.9 Å². The van der Waals surface area contributed by atoms with E-state index in [9.17, 15) is 18.0 Å². The molecule has 0 spiro atoms. The Labute approximate surface area is 142 Å². The van der Waals surface area contributed by atoms with Crippen LogP contribution < -0.4 is 15.4 Å². The van der Waals surface area contributed by atoms with Crippen LogP contribution in [0.2, 0.25) is 0 Å². The number of nitrogens with one attached hydrogen (secondary N) is 2. The largest absolute Gasteiger partial charge is 0.573 e. The summed E-state index contributed by atoms with van der Waals surface area (Å²) in [5.74, 6) is -0.556. The van der Waals surface area contributed by atoms with Crippen LogP contribution in [0, 0.1) is 0 Å². The van der Waals surface area contributed by atoms with E-state index in [1.54, 1.807) is 21.0 Å². The summed E-state index contributed by atoms with van der Waals surface area (Å²) in [5.41, 5.74) is 1.63. The van der Waals surface area contributed by atoms with Gasteiger partial charge in [-0.25, -0.2) is 0 Å². The number of halogens is 3. The molecule has 1 heterocycles. The number of amides is 1. The smallest absolute Gasteiger partial charge is 0.406 e. The molecule has 0 saturated heterocycles. The van der Waals surface area contributed by atoms with E-state index in [1.807, 2.05) is 0 Å². The van der Waals surface area contributed by atoms with Gasteiger partial charge < -0.3 is 20.3 Å². The van der Waals surface area contributed by atoms with Crippen molar-refractivity contribution in [3.63, 3.8) is 0 Å². The molecule has 0 aliphatic carbocycles. The number of likely N-dealkylation sites (N-methyl/N-ethyl adjacent to an activating group) is 1. The Bertz CT molecular complexity index is 684. The fourth-order valence-electron chi connectivity index (χ4n) is 2.33. The molecule has 1 unspecified atom stereocenters. The summed E-state index contributed by atoms with van der Waals surface area (Å²) in [6.07, 6.45) is -4.75. The third-order valence-electron chi connectivity index (χ3n) is 3.35. The topological polar surface area (TPSA) is 53.6 Å². The van der Waals surface area contributed by atoms with Crippen molar-refractivity contribution >= 4 is 23.2 Å². The first-order valence-corrected chi connectivity index (χ1v) is 7.35. The van der Waals surface area contributed by atoms with Gasteiger partial charge in [0.25, 0.3) is 5.91 Å². The first-order chi connectivity index (χ1) is 11.1. The molecule has 2 rings (SSSR count). The maximum atomic E-state index is 12.4. The number of hydrogen-bond acceptors (Lipinski definition) is 3. The zero-order chi connectivity index (χ0) is 18.1. The number of benzene rings is 1. The minimum Gasteiger partial charge on any atom is -0.406 e. The van der Waals surface area contributed by atoms with E-state index < -0.39 is 12.4 Å². The van der Waals surface area contributed by atoms with E-state index in [1.165, 1.54) is 29.2 Å². The van der Waals surface area contributed by atoms with Gasteiger partial charge in [-0.15, -0.1) is 13.2 Å². The van der Waals surface area contributed by atoms with Gasteiger partial charge in [-0.05, 0) is 36.8 Å². The second-order valence-electron chi connectivity index (χ2n) is 5.39. The van der Waals surface area contributed by atoms with E-state index in [4.69, 9.17) is 12.2 Å². The Morgan fingerprint density at radius 2 is 1.83 bits per heavy atom. The maximum absolute atomic E-state index is 12.4. The lowest BCUT2D eigenvalue weighted by Crippen LogP contribution is -2.46. The molecule has 1 aromatic carbocycles. The highest BCUT2D eigenvalue weighted by atomic mass is 32.1. The van der Waals surface area contributed by atoms with Crippen molar-refractivity contribution in [2.24, 2.45) is 0 Å². The average molecular weight is 359 g/mol. The Hall–Kier alpha value is -2.29. The van der Waals surface area contributed by atoms with Crippen LogP contribution in [0.25, 0.3) is 0 Å². The highest BCUT2D eigenvalue weighted by Gasteiger charge is 2.32. The summed E-state index contributed by atoms with van der Waals surface area (Å²) in [6, 6.07) is 4.76. The van der Waals surface area contributed by atoms with Crippen LogP contribution >= 0.6 is 12.2 Å². The average Bonchev–Trinajstić information content (AvgIpc) is 2.45. The monoisotopic (exact) mass is 359 g/mol. The number of thiocarbonyl (C=S) groups is 1. The van der Waals surface area contributed by atoms with Gasteiger partial charge >= 0.3 is 6.36 Å². The standard InChI is InChI=1S/C15H16F3N3O2S/c1-8-11(13(22)21(2)3)12(20-14(24)19-8)9-4-6-10(7-5-9)23-15(16,17)18/h4-7,12H,1-3H3,(H2,19,20,24). The summed E-state index contributed by atoms with van der Waals surface area (Å²) in [7, 11) is 3.24. The van der Waals surface area contributed by atoms with Gasteiger partial charge in [0, 0.05) is 19.8 Å². The Morgan fingerprint density at radius 1 is 1.25 bits per heavy atom. The third kappa shape index (κ3) is 4.16. The molecule has 9 heteroatoms. The molecule has 130 valence electrons. The molecule has 0 radical (unpaired) electrons. The Kier molecular flexibility index (Phi) is 5.02. The Balaban J connectivity index is 2.35. The number of rotatable bonds is 3. The van der Waals surface area contributed by atoms with Crippen molar-refractivity contribution in [2.45, 2.75) is 19.3 Å². The fraction of sp³-hybridized carbons (Fsp3) is 0.333. The summed E-state index contributed by atoms with van der Waals surface area (Å²) in [4.78, 5) is 13.8. The highest BCUT2D eigenvalue weighted by molar-refractivity contribution is 7.80. The van der Waals surface area contributed by atoms with Gasteiger partial charge in [-0.2, -0.15) is 0 Å². The summed E-state index contributed by atoms with van der Waals surface area (Å²) in [5, 5.41) is 6.19. The van der Waals surface area contributed by atoms with Gasteiger partial charge in [0.2, 0.25) is 0 Å². The predicted molar refractivity (Wildman–Crippen MR) is 86.1 cm³/mol. The molecule has 0 fully saturated rings. The number of allylic oxidation sites excluding steroid dienone is 1. The number of nitrogens with zero attached hydrogens (tertiary/aromatic N) is 1. The van der Waals surface area contributed by atoms with Crippen molar-refractivity contribution in [3.8, 4) is 5.75 Å². The van der Waals surface area contributed by atoms with Crippen LogP contribution in [0.5, 0.6) is 5.75 Å². The molecule has 0 saturated carbocycles. The van der Waals surface area contributed by atoms with Crippen LogP contribution in [0.1, 0.15) is 18.5 Å². The van der Waals surface area contributed by atoms with Gasteiger partial charge in [0.05, 0.1) is 11.6 Å². The number of carbonyl (C=O) groups is 1. The zero-order valence-corrected chi connectivity index (χ0v) is 14.0. The normalized spacial score (nSPS) is 17.9. The molecule has 1 aliphatic heterocycles. The Morgan fingerprint density at radius 3 is 2.33 bits per heavy atom. The lowest BCUT2D eigenvalue weighted by atomic mass is 9.94. The van der Waals surface area contributed by atoms with Crippen LogP contribution in [0.3, 0.4) is 0 Å². The fourth-order valence-corrected chi connectivity index (χ4v) is 2.60. The molecule has 0 aromatic heterocycles. The lowest BCUT2D eigenvalue weighted by molar-refractivity contribution is -0.274. The molecule has 1 amide bonds. The first-order valence-electron chi connectivity index (χ1n) is 6.94. The molecule has 1 aromatic rings. The second-order valence-corrected chi connectivity index (χ2v) is 5.79. The van der Waals surface area contributed by atoms with Gasteiger partial charge in [-0.1, -0.05) is 12.1 Å². The molecule has 1 atom stereocenters. The molecule has 2 N–H and O–H groups in total. The minimum atomic E-state index is -4.75. The number of ether oxygens (including phenoxy) is 1. The van der Waals surface area contributed by atoms with Crippen LogP contribution in [-0.4, -0.2) is 36.4 Å². The molecule has 1 aliphatic rings. The van der Waals surface area contributed by atoms with Crippen LogP contribution in [0.15, 0.2) is 35.5 Å². The van der Waals surface area contributed by atoms with E-state index in [-0.39, 0.29) is 11.7 Å². The van der Waals surface area contributed by atoms with Gasteiger partial charge in [0.15, 0.2) is 5.11 Å². The van der Waals surface area contributed by atoms with Crippen molar-refractivity contribution in [1.29, 1.82) is 0 Å². The highest BCUT2D eigenvalue weighted by Crippen LogP contribution is 2.30. The number of carbonyl (C=O) groups excluding carboxylic acids is 1. The van der Waals surface area contributed by atoms with Crippen molar-refractivity contribution in [2.75, 3.05) is 14.1 Å². The SMILES string of the molecule is CC1=C(C(=O)N(C)C)C(c2ccc(OC(F)(F)F)cc2)NC(=S)N1. The molecule has 24 heavy (non-hydrogen) atoms. The number of alkyl halides is 3. The lowest BCUT2D eigenvalue weighted by Gasteiger charge is -2.31. The van der Waals surface area contributed by atoms with E-state index >= 15 is 0 Å². The van der Waals surface area contributed by atoms with E-state index in [0.717, 1.165) is 0 Å². The van der Waals surface area contributed by atoms with Gasteiger partial charge in [-0.3, -0.25) is 4.79 Å². The molecule has 5 nitrogen and oxygen atoms in total. The second kappa shape index (κ2) is 6.68. The van der Waals surface area contributed by atoms with Crippen molar-refractivity contribution in [1.82, 2.24) is 15.5 Å². The predicted octanol–water partition coefficient (Wildman–Crippen LogP) is 2.47. The van der Waals surface area contributed by atoms with Crippen LogP contribution in [-0.2, 0) is 4.79 Å². The number of hydrogen-bond donors (Lipinski definition) is 2. The van der Waals surface area contributed by atoms with Crippen LogP contribution in [0.4, 0.5) is 13.2 Å². The van der Waals surface area contributed by atoms with Crippen molar-refractivity contribution < 1.29 is 22.7 Å². The quantitative estimate of drug-likeness (QED) is 0.812. The maximum Gasteiger partial charge on any atom is 0.573 e. The van der Waals surface area contributed by atoms with E-state index in [2.05, 4.69) is 15.4 Å². The first kappa shape index (κ1) is 18.1. The minimum absolute atomic E-state index is 0.226. The van der Waals surface area contributed by atoms with Crippen molar-refractivity contribution in [3.05, 3.63) is 41.1 Å². The zero-order valence-electron chi connectivity index (χ0n) is 13.2. The summed E-state index contributed by atoms with van der Waals surface area (Å²) < 4.78 is 40.6. The molecular formula is C15H16F3N3O2S.